The maximum atomic E-state index is 6.16. The zero-order valence-electron chi connectivity index (χ0n) is 11.5. The van der Waals surface area contributed by atoms with Gasteiger partial charge in [-0.15, -0.1) is 0 Å². The fourth-order valence-electron chi connectivity index (χ4n) is 4.32. The van der Waals surface area contributed by atoms with Crippen molar-refractivity contribution in [3.8, 4) is 5.75 Å². The molecule has 2 aliphatic rings. The molecule has 104 valence electrons. The molecule has 0 aliphatic heterocycles. The highest BCUT2D eigenvalue weighted by Crippen LogP contribution is 2.56. The smallest absolute Gasteiger partial charge is 0.133 e. The zero-order valence-corrected chi connectivity index (χ0v) is 13.1. The topological polar surface area (TPSA) is 35.2 Å². The molecule has 2 fully saturated rings. The van der Waals surface area contributed by atoms with Crippen molar-refractivity contribution in [1.29, 1.82) is 0 Å². The number of hydrogen-bond acceptors (Lipinski definition) is 2. The largest absolute Gasteiger partial charge is 0.496 e. The van der Waals surface area contributed by atoms with Crippen molar-refractivity contribution in [3.05, 3.63) is 28.2 Å². The van der Waals surface area contributed by atoms with Crippen LogP contribution in [-0.2, 0) is 6.42 Å². The van der Waals surface area contributed by atoms with Crippen molar-refractivity contribution in [3.63, 3.8) is 0 Å². The molecular formula is C16H22BrNO. The van der Waals surface area contributed by atoms with Gasteiger partial charge in [-0.25, -0.2) is 0 Å². The first-order valence-corrected chi connectivity index (χ1v) is 7.98. The molecule has 2 aliphatic carbocycles. The standard InChI is InChI=1S/C16H22BrNO/c1-19-15-5-3-12(7-14(15)17)9-16(10-18)8-11-2-4-13(16)6-11/h3,5,7,11,13H,2,4,6,8-10,18H2,1H3. The van der Waals surface area contributed by atoms with Gasteiger partial charge >= 0.3 is 0 Å². The molecule has 19 heavy (non-hydrogen) atoms. The molecule has 0 spiro atoms. The quantitative estimate of drug-likeness (QED) is 0.915. The lowest BCUT2D eigenvalue weighted by molar-refractivity contribution is 0.171. The monoisotopic (exact) mass is 323 g/mol. The summed E-state index contributed by atoms with van der Waals surface area (Å²) in [5.74, 6) is 2.69. The van der Waals surface area contributed by atoms with Crippen molar-refractivity contribution >= 4 is 15.9 Å². The Balaban J connectivity index is 1.82. The van der Waals surface area contributed by atoms with E-state index in [4.69, 9.17) is 10.5 Å². The van der Waals surface area contributed by atoms with Gasteiger partial charge in [0.15, 0.2) is 0 Å². The normalized spacial score (nSPS) is 32.8. The summed E-state index contributed by atoms with van der Waals surface area (Å²) in [6.45, 7) is 0.831. The number of halogens is 1. The summed E-state index contributed by atoms with van der Waals surface area (Å²) < 4.78 is 6.34. The van der Waals surface area contributed by atoms with Crippen LogP contribution in [0.25, 0.3) is 0 Å². The number of fused-ring (bicyclic) bond motifs is 2. The van der Waals surface area contributed by atoms with Crippen LogP contribution in [0, 0.1) is 17.3 Å². The molecule has 0 saturated heterocycles. The molecule has 2 N–H and O–H groups in total. The highest BCUT2D eigenvalue weighted by atomic mass is 79.9. The van der Waals surface area contributed by atoms with Gasteiger partial charge < -0.3 is 10.5 Å². The molecule has 0 radical (unpaired) electrons. The molecule has 0 amide bonds. The van der Waals surface area contributed by atoms with E-state index in [1.54, 1.807) is 7.11 Å². The Labute approximate surface area is 123 Å². The van der Waals surface area contributed by atoms with Gasteiger partial charge in [-0.3, -0.25) is 0 Å². The van der Waals surface area contributed by atoms with Gasteiger partial charge in [0.25, 0.3) is 0 Å². The maximum absolute atomic E-state index is 6.16. The van der Waals surface area contributed by atoms with Crippen molar-refractivity contribution in [2.24, 2.45) is 23.0 Å². The molecule has 2 nitrogen and oxygen atoms in total. The lowest BCUT2D eigenvalue weighted by Crippen LogP contribution is -2.37. The first kappa shape index (κ1) is 13.4. The molecule has 0 aromatic heterocycles. The third kappa shape index (κ3) is 2.31. The second kappa shape index (κ2) is 5.10. The van der Waals surface area contributed by atoms with Crippen molar-refractivity contribution in [2.45, 2.75) is 32.1 Å². The van der Waals surface area contributed by atoms with Gasteiger partial charge in [0, 0.05) is 0 Å². The van der Waals surface area contributed by atoms with Crippen LogP contribution in [0.1, 0.15) is 31.2 Å². The minimum atomic E-state index is 0.358. The van der Waals surface area contributed by atoms with E-state index in [1.165, 1.54) is 31.2 Å². The summed E-state index contributed by atoms with van der Waals surface area (Å²) in [7, 11) is 1.71. The SMILES string of the molecule is COc1ccc(CC2(CN)CC3CCC2C3)cc1Br. The Morgan fingerprint density at radius 1 is 1.42 bits per heavy atom. The maximum Gasteiger partial charge on any atom is 0.133 e. The Morgan fingerprint density at radius 2 is 2.26 bits per heavy atom. The van der Waals surface area contributed by atoms with Gasteiger partial charge in [0.1, 0.15) is 5.75 Å². The zero-order chi connectivity index (χ0) is 13.5. The first-order chi connectivity index (χ1) is 9.16. The molecule has 0 heterocycles. The lowest BCUT2D eigenvalue weighted by atomic mass is 9.69. The molecule has 1 aromatic rings. The lowest BCUT2D eigenvalue weighted by Gasteiger charge is -2.37. The van der Waals surface area contributed by atoms with Crippen LogP contribution in [0.5, 0.6) is 5.75 Å². The summed E-state index contributed by atoms with van der Waals surface area (Å²) in [6, 6.07) is 6.44. The van der Waals surface area contributed by atoms with E-state index in [0.717, 1.165) is 35.0 Å². The fourth-order valence-corrected chi connectivity index (χ4v) is 4.91. The number of benzene rings is 1. The van der Waals surface area contributed by atoms with Crippen LogP contribution in [0.15, 0.2) is 22.7 Å². The number of ether oxygens (including phenoxy) is 1. The van der Waals surface area contributed by atoms with Gasteiger partial charge in [-0.2, -0.15) is 0 Å². The third-order valence-electron chi connectivity index (χ3n) is 5.28. The Kier molecular flexibility index (Phi) is 3.61. The molecule has 3 heteroatoms. The van der Waals surface area contributed by atoms with E-state index in [2.05, 4.69) is 34.1 Å². The first-order valence-electron chi connectivity index (χ1n) is 7.19. The van der Waals surface area contributed by atoms with Gasteiger partial charge in [-0.05, 0) is 83.1 Å². The molecule has 2 bridgehead atoms. The summed E-state index contributed by atoms with van der Waals surface area (Å²) in [6.07, 6.45) is 6.68. The summed E-state index contributed by atoms with van der Waals surface area (Å²) >= 11 is 3.58. The Bertz CT molecular complexity index is 476. The van der Waals surface area contributed by atoms with Crippen molar-refractivity contribution in [2.75, 3.05) is 13.7 Å². The van der Waals surface area contributed by atoms with Crippen LogP contribution in [0.3, 0.4) is 0 Å². The molecule has 1 aromatic carbocycles. The highest BCUT2D eigenvalue weighted by molar-refractivity contribution is 9.10. The van der Waals surface area contributed by atoms with E-state index in [0.29, 0.717) is 5.41 Å². The van der Waals surface area contributed by atoms with E-state index in [1.807, 2.05) is 0 Å². The fraction of sp³-hybridized carbons (Fsp3) is 0.625. The minimum absolute atomic E-state index is 0.358. The van der Waals surface area contributed by atoms with Crippen LogP contribution in [0.4, 0.5) is 0 Å². The number of methoxy groups -OCH3 is 1. The Morgan fingerprint density at radius 3 is 2.79 bits per heavy atom. The highest BCUT2D eigenvalue weighted by Gasteiger charge is 2.49. The molecule has 3 rings (SSSR count). The van der Waals surface area contributed by atoms with Crippen LogP contribution in [0.2, 0.25) is 0 Å². The molecule has 3 unspecified atom stereocenters. The molecular weight excluding hydrogens is 302 g/mol. The predicted octanol–water partition coefficient (Wildman–Crippen LogP) is 3.77. The third-order valence-corrected chi connectivity index (χ3v) is 5.90. The second-order valence-corrected chi connectivity index (χ2v) is 7.15. The van der Waals surface area contributed by atoms with Crippen molar-refractivity contribution in [1.82, 2.24) is 0 Å². The van der Waals surface area contributed by atoms with E-state index in [9.17, 15) is 0 Å². The predicted molar refractivity (Wildman–Crippen MR) is 81.3 cm³/mol. The summed E-state index contributed by atoms with van der Waals surface area (Å²) in [5.41, 5.74) is 7.90. The summed E-state index contributed by atoms with van der Waals surface area (Å²) in [4.78, 5) is 0. The number of nitrogens with two attached hydrogens (primary N) is 1. The number of hydrogen-bond donors (Lipinski definition) is 1. The van der Waals surface area contributed by atoms with E-state index < -0.39 is 0 Å². The average Bonchev–Trinajstić information content (AvgIpc) is 3.00. The van der Waals surface area contributed by atoms with Crippen molar-refractivity contribution < 1.29 is 4.74 Å². The van der Waals surface area contributed by atoms with Crippen LogP contribution in [-0.4, -0.2) is 13.7 Å². The van der Waals surface area contributed by atoms with E-state index >= 15 is 0 Å². The van der Waals surface area contributed by atoms with Gasteiger partial charge in [-0.1, -0.05) is 12.5 Å². The molecule has 2 saturated carbocycles. The Hall–Kier alpha value is -0.540. The van der Waals surface area contributed by atoms with Crippen LogP contribution < -0.4 is 10.5 Å². The van der Waals surface area contributed by atoms with E-state index in [-0.39, 0.29) is 0 Å². The molecule has 3 atom stereocenters. The van der Waals surface area contributed by atoms with Crippen LogP contribution >= 0.6 is 15.9 Å². The van der Waals surface area contributed by atoms with Gasteiger partial charge in [0.05, 0.1) is 11.6 Å². The van der Waals surface area contributed by atoms with Gasteiger partial charge in [0.2, 0.25) is 0 Å². The summed E-state index contributed by atoms with van der Waals surface area (Å²) in [5, 5.41) is 0. The average molecular weight is 324 g/mol. The number of rotatable bonds is 4. The second-order valence-electron chi connectivity index (χ2n) is 6.29. The minimum Gasteiger partial charge on any atom is -0.496 e.